The Balaban J connectivity index is 2.03. The fourth-order valence-corrected chi connectivity index (χ4v) is 2.92. The van der Waals surface area contributed by atoms with Gasteiger partial charge in [-0.2, -0.15) is 0 Å². The van der Waals surface area contributed by atoms with Crippen LogP contribution in [0.15, 0.2) is 42.5 Å². The molecule has 0 heterocycles. The zero-order valence-corrected chi connectivity index (χ0v) is 15.9. The molecule has 0 bridgehead atoms. The Morgan fingerprint density at radius 3 is 2.16 bits per heavy atom. The first kappa shape index (κ1) is 19.0. The minimum atomic E-state index is -0.487. The summed E-state index contributed by atoms with van der Waals surface area (Å²) in [4.78, 5) is 12.6. The Hall–Kier alpha value is -2.29. The zero-order chi connectivity index (χ0) is 18.4. The SMILES string of the molecule is CCc1ccc(C(C)NC(=O)C(CC)Oc2cc(C)cc(C)c2)cc1. The van der Waals surface area contributed by atoms with Crippen LogP contribution in [0.3, 0.4) is 0 Å². The molecule has 134 valence electrons. The number of nitrogens with one attached hydrogen (secondary N) is 1. The molecule has 2 unspecified atom stereocenters. The van der Waals surface area contributed by atoms with Crippen molar-refractivity contribution in [2.24, 2.45) is 0 Å². The van der Waals surface area contributed by atoms with Gasteiger partial charge in [-0.3, -0.25) is 4.79 Å². The first-order chi connectivity index (χ1) is 11.9. The molecule has 1 N–H and O–H groups in total. The van der Waals surface area contributed by atoms with E-state index in [2.05, 4.69) is 42.6 Å². The van der Waals surface area contributed by atoms with Crippen molar-refractivity contribution in [2.45, 2.75) is 59.6 Å². The Bertz CT molecular complexity index is 686. The number of hydrogen-bond donors (Lipinski definition) is 1. The number of hydrogen-bond acceptors (Lipinski definition) is 2. The van der Waals surface area contributed by atoms with Crippen LogP contribution in [0.25, 0.3) is 0 Å². The fourth-order valence-electron chi connectivity index (χ4n) is 2.92. The summed E-state index contributed by atoms with van der Waals surface area (Å²) in [7, 11) is 0. The maximum Gasteiger partial charge on any atom is 0.261 e. The van der Waals surface area contributed by atoms with Crippen molar-refractivity contribution in [1.82, 2.24) is 5.32 Å². The molecule has 0 saturated heterocycles. The number of carbonyl (C=O) groups excluding carboxylic acids is 1. The molecule has 0 aromatic heterocycles. The normalized spacial score (nSPS) is 13.2. The summed E-state index contributed by atoms with van der Waals surface area (Å²) < 4.78 is 5.95. The summed E-state index contributed by atoms with van der Waals surface area (Å²) >= 11 is 0. The molecular formula is C22H29NO2. The van der Waals surface area contributed by atoms with Crippen molar-refractivity contribution in [3.63, 3.8) is 0 Å². The lowest BCUT2D eigenvalue weighted by Gasteiger charge is -2.21. The molecule has 0 fully saturated rings. The first-order valence-electron chi connectivity index (χ1n) is 9.07. The summed E-state index contributed by atoms with van der Waals surface area (Å²) in [6.07, 6.45) is 1.15. The van der Waals surface area contributed by atoms with Gasteiger partial charge in [0, 0.05) is 0 Å². The van der Waals surface area contributed by atoms with Crippen LogP contribution in [0.4, 0.5) is 0 Å². The average Bonchev–Trinajstić information content (AvgIpc) is 2.58. The highest BCUT2D eigenvalue weighted by Gasteiger charge is 2.21. The zero-order valence-electron chi connectivity index (χ0n) is 15.9. The standard InChI is InChI=1S/C22H29NO2/c1-6-18-8-10-19(11-9-18)17(5)23-22(24)21(7-2)25-20-13-15(3)12-16(4)14-20/h8-14,17,21H,6-7H2,1-5H3,(H,23,24). The molecule has 2 aromatic rings. The molecule has 0 aliphatic rings. The van der Waals surface area contributed by atoms with E-state index in [0.717, 1.165) is 28.9 Å². The van der Waals surface area contributed by atoms with Gasteiger partial charge in [0.1, 0.15) is 5.75 Å². The van der Waals surface area contributed by atoms with Crippen LogP contribution in [-0.2, 0) is 11.2 Å². The molecule has 25 heavy (non-hydrogen) atoms. The topological polar surface area (TPSA) is 38.3 Å². The van der Waals surface area contributed by atoms with Crippen molar-refractivity contribution in [3.05, 3.63) is 64.7 Å². The third kappa shape index (κ3) is 5.35. The van der Waals surface area contributed by atoms with Crippen molar-refractivity contribution in [2.75, 3.05) is 0 Å². The Labute approximate surface area is 151 Å². The third-order valence-electron chi connectivity index (χ3n) is 4.38. The molecular weight excluding hydrogens is 310 g/mol. The predicted molar refractivity (Wildman–Crippen MR) is 103 cm³/mol. The van der Waals surface area contributed by atoms with Gasteiger partial charge in [0.15, 0.2) is 6.10 Å². The summed E-state index contributed by atoms with van der Waals surface area (Å²) in [5, 5.41) is 3.07. The van der Waals surface area contributed by atoms with E-state index in [0.29, 0.717) is 6.42 Å². The smallest absolute Gasteiger partial charge is 0.261 e. The van der Waals surface area contributed by atoms with Crippen molar-refractivity contribution in [1.29, 1.82) is 0 Å². The lowest BCUT2D eigenvalue weighted by molar-refractivity contribution is -0.128. The van der Waals surface area contributed by atoms with Crippen LogP contribution in [0.1, 0.15) is 55.5 Å². The van der Waals surface area contributed by atoms with Gasteiger partial charge in [-0.05, 0) is 68.0 Å². The molecule has 2 aromatic carbocycles. The van der Waals surface area contributed by atoms with E-state index in [9.17, 15) is 4.79 Å². The van der Waals surface area contributed by atoms with E-state index >= 15 is 0 Å². The van der Waals surface area contributed by atoms with Crippen molar-refractivity contribution < 1.29 is 9.53 Å². The van der Waals surface area contributed by atoms with Crippen molar-refractivity contribution >= 4 is 5.91 Å². The number of aryl methyl sites for hydroxylation is 3. The molecule has 1 amide bonds. The largest absolute Gasteiger partial charge is 0.481 e. The van der Waals surface area contributed by atoms with Crippen LogP contribution < -0.4 is 10.1 Å². The van der Waals surface area contributed by atoms with Gasteiger partial charge in [0.2, 0.25) is 0 Å². The highest BCUT2D eigenvalue weighted by Crippen LogP contribution is 2.19. The maximum atomic E-state index is 12.6. The van der Waals surface area contributed by atoms with Gasteiger partial charge in [-0.15, -0.1) is 0 Å². The van der Waals surface area contributed by atoms with Crippen LogP contribution in [-0.4, -0.2) is 12.0 Å². The fraction of sp³-hybridized carbons (Fsp3) is 0.409. The van der Waals surface area contributed by atoms with Crippen LogP contribution >= 0.6 is 0 Å². The van der Waals surface area contributed by atoms with Crippen LogP contribution in [0.5, 0.6) is 5.75 Å². The highest BCUT2D eigenvalue weighted by atomic mass is 16.5. The number of carbonyl (C=O) groups is 1. The van der Waals surface area contributed by atoms with E-state index in [1.54, 1.807) is 0 Å². The average molecular weight is 339 g/mol. The second kappa shape index (κ2) is 8.70. The molecule has 0 aliphatic carbocycles. The van der Waals surface area contributed by atoms with Gasteiger partial charge >= 0.3 is 0 Å². The number of ether oxygens (including phenoxy) is 1. The van der Waals surface area contributed by atoms with E-state index in [4.69, 9.17) is 4.74 Å². The first-order valence-corrected chi connectivity index (χ1v) is 9.07. The molecule has 0 aliphatic heterocycles. The monoisotopic (exact) mass is 339 g/mol. The number of benzene rings is 2. The minimum absolute atomic E-state index is 0.0460. The quantitative estimate of drug-likeness (QED) is 0.779. The second-order valence-electron chi connectivity index (χ2n) is 6.66. The summed E-state index contributed by atoms with van der Waals surface area (Å²) in [6.45, 7) is 10.2. The van der Waals surface area contributed by atoms with Gasteiger partial charge in [0.05, 0.1) is 6.04 Å². The lowest BCUT2D eigenvalue weighted by Crippen LogP contribution is -2.39. The third-order valence-corrected chi connectivity index (χ3v) is 4.38. The Morgan fingerprint density at radius 2 is 1.64 bits per heavy atom. The maximum absolute atomic E-state index is 12.6. The molecule has 2 rings (SSSR count). The van der Waals surface area contributed by atoms with E-state index in [-0.39, 0.29) is 11.9 Å². The van der Waals surface area contributed by atoms with Gasteiger partial charge in [-0.1, -0.05) is 44.2 Å². The van der Waals surface area contributed by atoms with E-state index < -0.39 is 6.10 Å². The molecule has 0 saturated carbocycles. The lowest BCUT2D eigenvalue weighted by atomic mass is 10.0. The highest BCUT2D eigenvalue weighted by molar-refractivity contribution is 5.81. The minimum Gasteiger partial charge on any atom is -0.481 e. The van der Waals surface area contributed by atoms with Gasteiger partial charge < -0.3 is 10.1 Å². The number of amides is 1. The van der Waals surface area contributed by atoms with Crippen LogP contribution in [0, 0.1) is 13.8 Å². The molecule has 3 nitrogen and oxygen atoms in total. The van der Waals surface area contributed by atoms with Gasteiger partial charge in [0.25, 0.3) is 5.91 Å². The molecule has 0 spiro atoms. The van der Waals surface area contributed by atoms with Gasteiger partial charge in [-0.25, -0.2) is 0 Å². The molecule has 3 heteroatoms. The molecule has 0 radical (unpaired) electrons. The Morgan fingerprint density at radius 1 is 1.04 bits per heavy atom. The summed E-state index contributed by atoms with van der Waals surface area (Å²) in [5.74, 6) is 0.674. The van der Waals surface area contributed by atoms with E-state index in [1.807, 2.05) is 39.8 Å². The van der Waals surface area contributed by atoms with Crippen molar-refractivity contribution in [3.8, 4) is 5.75 Å². The van der Waals surface area contributed by atoms with Crippen LogP contribution in [0.2, 0.25) is 0 Å². The number of rotatable bonds is 7. The predicted octanol–water partition coefficient (Wildman–Crippen LogP) is 4.90. The summed E-state index contributed by atoms with van der Waals surface area (Å²) in [6, 6.07) is 14.4. The Kier molecular flexibility index (Phi) is 6.63. The molecule has 2 atom stereocenters. The van der Waals surface area contributed by atoms with E-state index in [1.165, 1.54) is 5.56 Å². The summed E-state index contributed by atoms with van der Waals surface area (Å²) in [5.41, 5.74) is 4.67. The second-order valence-corrected chi connectivity index (χ2v) is 6.66.